The van der Waals surface area contributed by atoms with Crippen LogP contribution in [0.3, 0.4) is 0 Å². The molecule has 3 nitrogen and oxygen atoms in total. The minimum atomic E-state index is 0.354. The van der Waals surface area contributed by atoms with Crippen molar-refractivity contribution in [1.29, 1.82) is 0 Å². The molecule has 0 saturated carbocycles. The van der Waals surface area contributed by atoms with Gasteiger partial charge >= 0.3 is 0 Å². The molecule has 108 valence electrons. The molecule has 1 N–H and O–H groups in total. The van der Waals surface area contributed by atoms with E-state index in [0.29, 0.717) is 12.6 Å². The van der Waals surface area contributed by atoms with Gasteiger partial charge in [0.15, 0.2) is 0 Å². The predicted molar refractivity (Wildman–Crippen MR) is 84.6 cm³/mol. The molecular weight excluding hydrogens is 268 g/mol. The summed E-state index contributed by atoms with van der Waals surface area (Å²) < 4.78 is 5.85. The Balaban J connectivity index is 1.90. The third-order valence-corrected chi connectivity index (χ3v) is 4.31. The monoisotopic (exact) mass is 290 g/mol. The summed E-state index contributed by atoms with van der Waals surface area (Å²) in [6.07, 6.45) is 0.920. The summed E-state index contributed by atoms with van der Waals surface area (Å²) >= 11 is 1.70. The van der Waals surface area contributed by atoms with Gasteiger partial charge in [-0.05, 0) is 38.1 Å². The fourth-order valence-corrected chi connectivity index (χ4v) is 2.89. The minimum absolute atomic E-state index is 0.354. The Kier molecular flexibility index (Phi) is 5.56. The van der Waals surface area contributed by atoms with Gasteiger partial charge < -0.3 is 10.1 Å². The lowest BCUT2D eigenvalue weighted by atomic mass is 10.1. The van der Waals surface area contributed by atoms with E-state index >= 15 is 0 Å². The third-order valence-electron chi connectivity index (χ3n) is 3.31. The summed E-state index contributed by atoms with van der Waals surface area (Å²) in [5.74, 6) is 0.939. The largest absolute Gasteiger partial charge is 0.493 e. The molecule has 0 aliphatic rings. The lowest BCUT2D eigenvalue weighted by Crippen LogP contribution is -2.17. The molecule has 0 radical (unpaired) electrons. The van der Waals surface area contributed by atoms with Crippen LogP contribution in [0.25, 0.3) is 0 Å². The standard InChI is InChI=1S/C16H22N2OS/c1-4-17-12(2)14-6-5-7-15(10-14)19-9-8-16-13(3)18-11-20-16/h5-7,10-12,17H,4,8-9H2,1-3H3. The highest BCUT2D eigenvalue weighted by Crippen LogP contribution is 2.20. The smallest absolute Gasteiger partial charge is 0.119 e. The molecule has 1 atom stereocenters. The first kappa shape index (κ1) is 15.0. The minimum Gasteiger partial charge on any atom is -0.493 e. The Hall–Kier alpha value is -1.39. The quantitative estimate of drug-likeness (QED) is 0.843. The zero-order valence-corrected chi connectivity index (χ0v) is 13.2. The highest BCUT2D eigenvalue weighted by atomic mass is 32.1. The van der Waals surface area contributed by atoms with Crippen molar-refractivity contribution >= 4 is 11.3 Å². The third kappa shape index (κ3) is 4.05. The van der Waals surface area contributed by atoms with Gasteiger partial charge in [-0.1, -0.05) is 19.1 Å². The van der Waals surface area contributed by atoms with Crippen LogP contribution < -0.4 is 10.1 Å². The maximum atomic E-state index is 5.85. The Bertz CT molecular complexity index is 539. The van der Waals surface area contributed by atoms with Crippen LogP contribution in [0.4, 0.5) is 0 Å². The molecule has 0 aliphatic carbocycles. The number of ether oxygens (including phenoxy) is 1. The molecule has 1 aromatic carbocycles. The fraction of sp³-hybridized carbons (Fsp3) is 0.438. The second-order valence-electron chi connectivity index (χ2n) is 4.81. The van der Waals surface area contributed by atoms with Gasteiger partial charge in [0.2, 0.25) is 0 Å². The van der Waals surface area contributed by atoms with Gasteiger partial charge in [-0.15, -0.1) is 11.3 Å². The average Bonchev–Trinajstić information content (AvgIpc) is 2.85. The molecular formula is C16H22N2OS. The maximum absolute atomic E-state index is 5.85. The molecule has 0 amide bonds. The first-order valence-electron chi connectivity index (χ1n) is 7.05. The fourth-order valence-electron chi connectivity index (χ4n) is 2.13. The van der Waals surface area contributed by atoms with Crippen molar-refractivity contribution in [2.75, 3.05) is 13.2 Å². The number of nitrogens with one attached hydrogen (secondary N) is 1. The molecule has 1 heterocycles. The number of nitrogens with zero attached hydrogens (tertiary/aromatic N) is 1. The van der Waals surface area contributed by atoms with Crippen LogP contribution in [0.15, 0.2) is 29.8 Å². The van der Waals surface area contributed by atoms with E-state index in [0.717, 1.165) is 24.4 Å². The van der Waals surface area contributed by atoms with Crippen LogP contribution in [0.1, 0.15) is 36.0 Å². The average molecular weight is 290 g/mol. The number of hydrogen-bond acceptors (Lipinski definition) is 4. The van der Waals surface area contributed by atoms with Gasteiger partial charge in [0, 0.05) is 17.3 Å². The Labute approximate surface area is 125 Å². The molecule has 1 aromatic heterocycles. The van der Waals surface area contributed by atoms with Crippen molar-refractivity contribution < 1.29 is 4.74 Å². The zero-order valence-electron chi connectivity index (χ0n) is 12.3. The molecule has 20 heavy (non-hydrogen) atoms. The topological polar surface area (TPSA) is 34.1 Å². The number of hydrogen-bond donors (Lipinski definition) is 1. The van der Waals surface area contributed by atoms with E-state index in [1.54, 1.807) is 11.3 Å². The first-order valence-corrected chi connectivity index (χ1v) is 7.93. The van der Waals surface area contributed by atoms with Crippen LogP contribution in [0, 0.1) is 6.92 Å². The second-order valence-corrected chi connectivity index (χ2v) is 5.75. The SMILES string of the molecule is CCNC(C)c1cccc(OCCc2scnc2C)c1. The van der Waals surface area contributed by atoms with E-state index in [1.165, 1.54) is 10.4 Å². The van der Waals surface area contributed by atoms with Crippen molar-refractivity contribution in [2.24, 2.45) is 0 Å². The van der Waals surface area contributed by atoms with Crippen LogP contribution in [0.5, 0.6) is 5.75 Å². The molecule has 0 aliphatic heterocycles. The molecule has 0 spiro atoms. The van der Waals surface area contributed by atoms with E-state index in [4.69, 9.17) is 4.74 Å². The van der Waals surface area contributed by atoms with E-state index in [-0.39, 0.29) is 0 Å². The van der Waals surface area contributed by atoms with Gasteiger partial charge in [0.25, 0.3) is 0 Å². The van der Waals surface area contributed by atoms with Crippen molar-refractivity contribution in [3.8, 4) is 5.75 Å². The van der Waals surface area contributed by atoms with Crippen LogP contribution in [0.2, 0.25) is 0 Å². The van der Waals surface area contributed by atoms with Gasteiger partial charge in [-0.25, -0.2) is 4.98 Å². The van der Waals surface area contributed by atoms with E-state index in [1.807, 2.05) is 18.5 Å². The molecule has 2 aromatic rings. The molecule has 0 fully saturated rings. The van der Waals surface area contributed by atoms with Crippen LogP contribution >= 0.6 is 11.3 Å². The number of aromatic nitrogens is 1. The first-order chi connectivity index (χ1) is 9.70. The van der Waals surface area contributed by atoms with Crippen LogP contribution in [-0.4, -0.2) is 18.1 Å². The number of thiazole rings is 1. The highest BCUT2D eigenvalue weighted by molar-refractivity contribution is 7.09. The normalized spacial score (nSPS) is 12.3. The second kappa shape index (κ2) is 7.41. The number of rotatable bonds is 7. The van der Waals surface area contributed by atoms with E-state index < -0.39 is 0 Å². The summed E-state index contributed by atoms with van der Waals surface area (Å²) in [4.78, 5) is 5.56. The zero-order chi connectivity index (χ0) is 14.4. The summed E-state index contributed by atoms with van der Waals surface area (Å²) in [6.45, 7) is 8.00. The lowest BCUT2D eigenvalue weighted by Gasteiger charge is -2.14. The van der Waals surface area contributed by atoms with E-state index in [2.05, 4.69) is 42.3 Å². The van der Waals surface area contributed by atoms with Gasteiger partial charge in [0.1, 0.15) is 5.75 Å². The van der Waals surface area contributed by atoms with Gasteiger partial charge in [-0.3, -0.25) is 0 Å². The van der Waals surface area contributed by atoms with Crippen molar-refractivity contribution in [2.45, 2.75) is 33.2 Å². The highest BCUT2D eigenvalue weighted by Gasteiger charge is 2.05. The van der Waals surface area contributed by atoms with Gasteiger partial charge in [-0.2, -0.15) is 0 Å². The molecule has 2 rings (SSSR count). The number of aryl methyl sites for hydroxylation is 1. The van der Waals surface area contributed by atoms with Crippen molar-refractivity contribution in [3.05, 3.63) is 45.9 Å². The molecule has 0 bridgehead atoms. The van der Waals surface area contributed by atoms with Crippen LogP contribution in [-0.2, 0) is 6.42 Å². The lowest BCUT2D eigenvalue weighted by molar-refractivity contribution is 0.322. The summed E-state index contributed by atoms with van der Waals surface area (Å²) in [5, 5.41) is 3.41. The predicted octanol–water partition coefficient (Wildman–Crippen LogP) is 3.74. The van der Waals surface area contributed by atoms with Crippen molar-refractivity contribution in [1.82, 2.24) is 10.3 Å². The molecule has 0 saturated heterocycles. The molecule has 4 heteroatoms. The molecule has 1 unspecified atom stereocenters. The Morgan fingerprint density at radius 3 is 2.95 bits per heavy atom. The summed E-state index contributed by atoms with van der Waals surface area (Å²) in [5.41, 5.74) is 4.27. The summed E-state index contributed by atoms with van der Waals surface area (Å²) in [7, 11) is 0. The summed E-state index contributed by atoms with van der Waals surface area (Å²) in [6, 6.07) is 8.67. The van der Waals surface area contributed by atoms with Gasteiger partial charge in [0.05, 0.1) is 17.8 Å². The Morgan fingerprint density at radius 1 is 1.40 bits per heavy atom. The maximum Gasteiger partial charge on any atom is 0.119 e. The van der Waals surface area contributed by atoms with E-state index in [9.17, 15) is 0 Å². The number of benzene rings is 1. The van der Waals surface area contributed by atoms with Crippen molar-refractivity contribution in [3.63, 3.8) is 0 Å². The Morgan fingerprint density at radius 2 is 2.25 bits per heavy atom.